The Labute approximate surface area is 112 Å². The van der Waals surface area contributed by atoms with Gasteiger partial charge >= 0.3 is 0 Å². The van der Waals surface area contributed by atoms with E-state index in [0.717, 1.165) is 26.1 Å². The van der Waals surface area contributed by atoms with E-state index in [4.69, 9.17) is 4.74 Å². The average Bonchev–Trinajstić information content (AvgIpc) is 3.11. The van der Waals surface area contributed by atoms with Crippen molar-refractivity contribution < 1.29 is 9.84 Å². The second kappa shape index (κ2) is 7.43. The van der Waals surface area contributed by atoms with Gasteiger partial charge in [-0.3, -0.25) is 0 Å². The van der Waals surface area contributed by atoms with Crippen molar-refractivity contribution in [1.82, 2.24) is 10.2 Å². The summed E-state index contributed by atoms with van der Waals surface area (Å²) in [5.41, 5.74) is -0.115. The van der Waals surface area contributed by atoms with Gasteiger partial charge in [-0.1, -0.05) is 13.8 Å². The molecule has 18 heavy (non-hydrogen) atoms. The SMILES string of the molecule is COCCCN(C)CC(CO)(NC(C)C)C1CC1. The molecule has 0 heterocycles. The largest absolute Gasteiger partial charge is 0.394 e. The summed E-state index contributed by atoms with van der Waals surface area (Å²) in [6.07, 6.45) is 3.53. The average molecular weight is 258 g/mol. The Bertz CT molecular complexity index is 232. The molecule has 0 bridgehead atoms. The molecule has 0 aromatic rings. The normalized spacial score (nSPS) is 19.5. The summed E-state index contributed by atoms with van der Waals surface area (Å²) >= 11 is 0. The standard InChI is InChI=1S/C14H30N2O2/c1-12(2)15-14(11-17,13-6-7-13)10-16(3)8-5-9-18-4/h12-13,15,17H,5-11H2,1-4H3. The van der Waals surface area contributed by atoms with Crippen molar-refractivity contribution in [3.63, 3.8) is 0 Å². The maximum atomic E-state index is 9.84. The van der Waals surface area contributed by atoms with Crippen LogP contribution in [0, 0.1) is 5.92 Å². The molecule has 108 valence electrons. The van der Waals surface area contributed by atoms with Crippen molar-refractivity contribution in [3.05, 3.63) is 0 Å². The van der Waals surface area contributed by atoms with Crippen LogP contribution in [0.3, 0.4) is 0 Å². The number of hydrogen-bond donors (Lipinski definition) is 2. The van der Waals surface area contributed by atoms with Crippen molar-refractivity contribution >= 4 is 0 Å². The number of nitrogens with zero attached hydrogens (tertiary/aromatic N) is 1. The van der Waals surface area contributed by atoms with Crippen LogP contribution in [0.2, 0.25) is 0 Å². The first-order valence-electron chi connectivity index (χ1n) is 7.10. The summed E-state index contributed by atoms with van der Waals surface area (Å²) in [6, 6.07) is 0.408. The second-order valence-corrected chi connectivity index (χ2v) is 5.97. The zero-order valence-corrected chi connectivity index (χ0v) is 12.4. The summed E-state index contributed by atoms with van der Waals surface area (Å²) in [5, 5.41) is 13.4. The van der Waals surface area contributed by atoms with Crippen LogP contribution < -0.4 is 5.32 Å². The van der Waals surface area contributed by atoms with Gasteiger partial charge < -0.3 is 20.1 Å². The monoisotopic (exact) mass is 258 g/mol. The molecule has 0 amide bonds. The summed E-state index contributed by atoms with van der Waals surface area (Å²) in [7, 11) is 3.87. The summed E-state index contributed by atoms with van der Waals surface area (Å²) in [6.45, 7) is 7.26. The van der Waals surface area contributed by atoms with Gasteiger partial charge in [0, 0.05) is 32.8 Å². The van der Waals surface area contributed by atoms with Crippen molar-refractivity contribution in [1.29, 1.82) is 0 Å². The van der Waals surface area contributed by atoms with E-state index in [-0.39, 0.29) is 12.1 Å². The van der Waals surface area contributed by atoms with Crippen LogP contribution in [0.4, 0.5) is 0 Å². The maximum absolute atomic E-state index is 9.84. The van der Waals surface area contributed by atoms with Gasteiger partial charge in [-0.2, -0.15) is 0 Å². The molecule has 1 rings (SSSR count). The molecule has 1 aliphatic carbocycles. The molecule has 1 fully saturated rings. The lowest BCUT2D eigenvalue weighted by Crippen LogP contribution is -2.59. The first-order valence-corrected chi connectivity index (χ1v) is 7.10. The van der Waals surface area contributed by atoms with Gasteiger partial charge in [-0.25, -0.2) is 0 Å². The third-order valence-corrected chi connectivity index (χ3v) is 3.66. The van der Waals surface area contributed by atoms with Gasteiger partial charge in [0.1, 0.15) is 0 Å². The molecule has 1 aliphatic rings. The van der Waals surface area contributed by atoms with Crippen LogP contribution in [-0.4, -0.2) is 62.0 Å². The topological polar surface area (TPSA) is 44.7 Å². The fourth-order valence-corrected chi connectivity index (χ4v) is 2.77. The number of methoxy groups -OCH3 is 1. The fourth-order valence-electron chi connectivity index (χ4n) is 2.77. The molecule has 0 spiro atoms. The molecule has 0 radical (unpaired) electrons. The summed E-state index contributed by atoms with van der Waals surface area (Å²) in [4.78, 5) is 2.31. The number of aliphatic hydroxyl groups is 1. The molecule has 4 heteroatoms. The molecule has 4 nitrogen and oxygen atoms in total. The second-order valence-electron chi connectivity index (χ2n) is 5.97. The van der Waals surface area contributed by atoms with E-state index in [1.165, 1.54) is 12.8 Å². The lowest BCUT2D eigenvalue weighted by molar-refractivity contribution is 0.0887. The highest BCUT2D eigenvalue weighted by atomic mass is 16.5. The van der Waals surface area contributed by atoms with Gasteiger partial charge in [-0.15, -0.1) is 0 Å². The predicted molar refractivity (Wildman–Crippen MR) is 74.8 cm³/mol. The lowest BCUT2D eigenvalue weighted by Gasteiger charge is -2.38. The van der Waals surface area contributed by atoms with Crippen molar-refractivity contribution in [2.75, 3.05) is 40.5 Å². The van der Waals surface area contributed by atoms with E-state index in [2.05, 4.69) is 31.1 Å². The van der Waals surface area contributed by atoms with E-state index in [0.29, 0.717) is 12.0 Å². The lowest BCUT2D eigenvalue weighted by atomic mass is 9.92. The zero-order valence-electron chi connectivity index (χ0n) is 12.4. The van der Waals surface area contributed by atoms with Crippen molar-refractivity contribution in [2.45, 2.75) is 44.7 Å². The Hall–Kier alpha value is -0.160. The maximum Gasteiger partial charge on any atom is 0.0628 e. The number of nitrogens with one attached hydrogen (secondary N) is 1. The molecular weight excluding hydrogens is 228 g/mol. The highest BCUT2D eigenvalue weighted by Crippen LogP contribution is 2.40. The van der Waals surface area contributed by atoms with Crippen LogP contribution in [-0.2, 0) is 4.74 Å². The minimum Gasteiger partial charge on any atom is -0.394 e. The summed E-state index contributed by atoms with van der Waals surface area (Å²) in [5.74, 6) is 0.634. The van der Waals surface area contributed by atoms with E-state index < -0.39 is 0 Å². The van der Waals surface area contributed by atoms with Crippen LogP contribution in [0.1, 0.15) is 33.1 Å². The Morgan fingerprint density at radius 1 is 1.44 bits per heavy atom. The Balaban J connectivity index is 2.49. The third kappa shape index (κ3) is 4.84. The van der Waals surface area contributed by atoms with E-state index in [1.54, 1.807) is 7.11 Å². The van der Waals surface area contributed by atoms with Crippen LogP contribution in [0.25, 0.3) is 0 Å². The number of aliphatic hydroxyl groups excluding tert-OH is 1. The Morgan fingerprint density at radius 2 is 2.11 bits per heavy atom. The van der Waals surface area contributed by atoms with Gasteiger partial charge in [0.15, 0.2) is 0 Å². The smallest absolute Gasteiger partial charge is 0.0628 e. The van der Waals surface area contributed by atoms with Gasteiger partial charge in [0.05, 0.1) is 12.1 Å². The van der Waals surface area contributed by atoms with Gasteiger partial charge in [0.2, 0.25) is 0 Å². The minimum atomic E-state index is -0.115. The molecular formula is C14H30N2O2. The highest BCUT2D eigenvalue weighted by molar-refractivity contribution is 5.03. The molecule has 1 saturated carbocycles. The molecule has 0 aliphatic heterocycles. The van der Waals surface area contributed by atoms with Gasteiger partial charge in [0.25, 0.3) is 0 Å². The predicted octanol–water partition coefficient (Wildman–Crippen LogP) is 1.09. The number of ether oxygens (including phenoxy) is 1. The van der Waals surface area contributed by atoms with Gasteiger partial charge in [-0.05, 0) is 32.2 Å². The first-order chi connectivity index (χ1) is 8.54. The van der Waals surface area contributed by atoms with Crippen LogP contribution >= 0.6 is 0 Å². The fraction of sp³-hybridized carbons (Fsp3) is 1.00. The minimum absolute atomic E-state index is 0.115. The number of hydrogen-bond acceptors (Lipinski definition) is 4. The quantitative estimate of drug-likeness (QED) is 0.576. The third-order valence-electron chi connectivity index (χ3n) is 3.66. The van der Waals surface area contributed by atoms with E-state index >= 15 is 0 Å². The van der Waals surface area contributed by atoms with E-state index in [9.17, 15) is 5.11 Å². The molecule has 1 atom stereocenters. The van der Waals surface area contributed by atoms with Crippen molar-refractivity contribution in [3.8, 4) is 0 Å². The van der Waals surface area contributed by atoms with E-state index in [1.807, 2.05) is 0 Å². The number of likely N-dealkylation sites (N-methyl/N-ethyl adjacent to an activating group) is 1. The van der Waals surface area contributed by atoms with Crippen LogP contribution in [0.5, 0.6) is 0 Å². The first kappa shape index (κ1) is 15.9. The van der Waals surface area contributed by atoms with Crippen LogP contribution in [0.15, 0.2) is 0 Å². The molecule has 2 N–H and O–H groups in total. The summed E-state index contributed by atoms with van der Waals surface area (Å²) < 4.78 is 5.08. The Kier molecular flexibility index (Phi) is 6.57. The molecule has 0 saturated heterocycles. The van der Waals surface area contributed by atoms with Crippen molar-refractivity contribution in [2.24, 2.45) is 5.92 Å². The Morgan fingerprint density at radius 3 is 2.56 bits per heavy atom. The zero-order chi connectivity index (χ0) is 13.6. The molecule has 0 aromatic carbocycles. The molecule has 0 aromatic heterocycles. The number of rotatable bonds is 10. The molecule has 1 unspecified atom stereocenters. The highest BCUT2D eigenvalue weighted by Gasteiger charge is 2.45.